The highest BCUT2D eigenvalue weighted by atomic mass is 35.5. The summed E-state index contributed by atoms with van der Waals surface area (Å²) in [7, 11) is 0. The van der Waals surface area contributed by atoms with E-state index in [0.717, 1.165) is 12.8 Å². The lowest BCUT2D eigenvalue weighted by atomic mass is 10.2. The van der Waals surface area contributed by atoms with Gasteiger partial charge < -0.3 is 5.32 Å². The van der Waals surface area contributed by atoms with Crippen LogP contribution in [0.1, 0.15) is 12.8 Å². The maximum absolute atomic E-state index is 13.5. The molecule has 0 atom stereocenters. The maximum atomic E-state index is 13.5. The van der Waals surface area contributed by atoms with Crippen molar-refractivity contribution in [3.63, 3.8) is 0 Å². The van der Waals surface area contributed by atoms with Crippen LogP contribution in [0, 0.1) is 21.7 Å². The van der Waals surface area contributed by atoms with Gasteiger partial charge in [0, 0.05) is 6.04 Å². The van der Waals surface area contributed by atoms with E-state index in [9.17, 15) is 18.9 Å². The van der Waals surface area contributed by atoms with Crippen molar-refractivity contribution in [2.24, 2.45) is 0 Å². The Bertz CT molecular complexity index is 463. The molecule has 1 saturated carbocycles. The lowest BCUT2D eigenvalue weighted by Gasteiger charge is -2.08. The van der Waals surface area contributed by atoms with E-state index in [1.807, 2.05) is 0 Å². The Morgan fingerprint density at radius 1 is 1.50 bits per heavy atom. The molecule has 0 radical (unpaired) electrons. The number of halogens is 3. The molecule has 0 aromatic heterocycles. The Balaban J connectivity index is 2.51. The molecular formula is C9H7ClF2N2O2. The highest BCUT2D eigenvalue weighted by Gasteiger charge is 2.30. The molecule has 1 fully saturated rings. The molecule has 1 aromatic rings. The Morgan fingerprint density at radius 3 is 2.62 bits per heavy atom. The third-order valence-corrected chi connectivity index (χ3v) is 2.61. The third kappa shape index (κ3) is 1.92. The van der Waals surface area contributed by atoms with Crippen LogP contribution in [0.4, 0.5) is 20.2 Å². The van der Waals surface area contributed by atoms with Gasteiger partial charge in [-0.05, 0) is 12.8 Å². The normalized spacial score (nSPS) is 14.9. The minimum Gasteiger partial charge on any atom is -0.374 e. The zero-order chi connectivity index (χ0) is 11.9. The predicted octanol–water partition coefficient (Wildman–Crippen LogP) is 3.10. The highest BCUT2D eigenvalue weighted by Crippen LogP contribution is 2.37. The van der Waals surface area contributed by atoms with Crippen molar-refractivity contribution in [3.8, 4) is 0 Å². The summed E-state index contributed by atoms with van der Waals surface area (Å²) >= 11 is 5.35. The molecule has 1 aromatic carbocycles. The number of benzene rings is 1. The van der Waals surface area contributed by atoms with E-state index >= 15 is 0 Å². The maximum Gasteiger partial charge on any atom is 0.298 e. The van der Waals surface area contributed by atoms with Crippen LogP contribution < -0.4 is 5.32 Å². The summed E-state index contributed by atoms with van der Waals surface area (Å²) < 4.78 is 26.6. The van der Waals surface area contributed by atoms with Crippen molar-refractivity contribution >= 4 is 23.0 Å². The van der Waals surface area contributed by atoms with Crippen molar-refractivity contribution in [1.29, 1.82) is 0 Å². The molecular weight excluding hydrogens is 242 g/mol. The van der Waals surface area contributed by atoms with Crippen molar-refractivity contribution in [1.82, 2.24) is 0 Å². The van der Waals surface area contributed by atoms with Crippen LogP contribution in [0.15, 0.2) is 6.07 Å². The van der Waals surface area contributed by atoms with Gasteiger partial charge >= 0.3 is 0 Å². The van der Waals surface area contributed by atoms with Gasteiger partial charge in [0.25, 0.3) is 5.69 Å². The summed E-state index contributed by atoms with van der Waals surface area (Å²) in [5, 5.41) is 12.5. The largest absolute Gasteiger partial charge is 0.374 e. The molecule has 0 heterocycles. The molecule has 0 aliphatic heterocycles. The number of hydrogen-bond donors (Lipinski definition) is 1. The third-order valence-electron chi connectivity index (χ3n) is 2.26. The second-order valence-electron chi connectivity index (χ2n) is 3.56. The van der Waals surface area contributed by atoms with Crippen LogP contribution in [-0.2, 0) is 0 Å². The standard InChI is InChI=1S/C9H7ClF2N2O2/c10-7-5(11)3-6(14(15)16)9(8(7)12)13-4-1-2-4/h3-4,13H,1-2H2. The molecule has 0 unspecified atom stereocenters. The van der Waals surface area contributed by atoms with Crippen LogP contribution in [0.5, 0.6) is 0 Å². The lowest BCUT2D eigenvalue weighted by Crippen LogP contribution is -2.07. The first kappa shape index (κ1) is 11.1. The topological polar surface area (TPSA) is 55.2 Å². The Hall–Kier alpha value is -1.43. The number of rotatable bonds is 3. The average Bonchev–Trinajstić information content (AvgIpc) is 3.02. The van der Waals surface area contributed by atoms with Gasteiger partial charge in [-0.15, -0.1) is 0 Å². The minimum absolute atomic E-state index is 0.00901. The number of hydrogen-bond acceptors (Lipinski definition) is 3. The van der Waals surface area contributed by atoms with E-state index in [1.165, 1.54) is 0 Å². The SMILES string of the molecule is O=[N+]([O-])c1cc(F)c(Cl)c(F)c1NC1CC1. The predicted molar refractivity (Wildman–Crippen MR) is 54.7 cm³/mol. The summed E-state index contributed by atoms with van der Waals surface area (Å²) in [6, 6.07) is 0.630. The van der Waals surface area contributed by atoms with E-state index < -0.39 is 27.3 Å². The average molecular weight is 249 g/mol. The molecule has 1 aliphatic rings. The monoisotopic (exact) mass is 248 g/mol. The first-order valence-corrected chi connectivity index (χ1v) is 4.97. The summed E-state index contributed by atoms with van der Waals surface area (Å²) in [6.07, 6.45) is 1.62. The molecule has 7 heteroatoms. The number of nitrogens with zero attached hydrogens (tertiary/aromatic N) is 1. The molecule has 0 spiro atoms. The van der Waals surface area contributed by atoms with Crippen LogP contribution in [0.25, 0.3) is 0 Å². The van der Waals surface area contributed by atoms with Gasteiger partial charge in [-0.25, -0.2) is 8.78 Å². The van der Waals surface area contributed by atoms with E-state index in [0.29, 0.717) is 6.07 Å². The number of nitrogens with one attached hydrogen (secondary N) is 1. The fourth-order valence-electron chi connectivity index (χ4n) is 1.30. The van der Waals surface area contributed by atoms with Crippen molar-refractivity contribution in [2.45, 2.75) is 18.9 Å². The minimum atomic E-state index is -1.13. The molecule has 0 saturated heterocycles. The van der Waals surface area contributed by atoms with Gasteiger partial charge in [-0.3, -0.25) is 10.1 Å². The first-order valence-electron chi connectivity index (χ1n) is 4.59. The zero-order valence-corrected chi connectivity index (χ0v) is 8.72. The Morgan fingerprint density at radius 2 is 2.12 bits per heavy atom. The van der Waals surface area contributed by atoms with Gasteiger partial charge in [0.15, 0.2) is 17.3 Å². The van der Waals surface area contributed by atoms with Gasteiger partial charge in [0.1, 0.15) is 5.02 Å². The molecule has 0 amide bonds. The summed E-state index contributed by atoms with van der Waals surface area (Å²) in [4.78, 5) is 9.79. The molecule has 2 rings (SSSR count). The summed E-state index contributed by atoms with van der Waals surface area (Å²) in [5.41, 5.74) is -0.967. The highest BCUT2D eigenvalue weighted by molar-refractivity contribution is 6.31. The molecule has 16 heavy (non-hydrogen) atoms. The van der Waals surface area contributed by atoms with Crippen LogP contribution in [0.3, 0.4) is 0 Å². The molecule has 86 valence electrons. The van der Waals surface area contributed by atoms with Crippen molar-refractivity contribution in [2.75, 3.05) is 5.32 Å². The van der Waals surface area contributed by atoms with E-state index in [4.69, 9.17) is 11.6 Å². The second kappa shape index (κ2) is 3.86. The molecule has 1 aliphatic carbocycles. The van der Waals surface area contributed by atoms with Gasteiger partial charge in [0.2, 0.25) is 0 Å². The van der Waals surface area contributed by atoms with Crippen LogP contribution in [-0.4, -0.2) is 11.0 Å². The number of nitro groups is 1. The zero-order valence-electron chi connectivity index (χ0n) is 7.97. The Labute approximate surface area is 94.4 Å². The smallest absolute Gasteiger partial charge is 0.298 e. The van der Waals surface area contributed by atoms with Crippen LogP contribution in [0.2, 0.25) is 5.02 Å². The molecule has 0 bridgehead atoms. The van der Waals surface area contributed by atoms with Gasteiger partial charge in [-0.1, -0.05) is 11.6 Å². The first-order chi connectivity index (χ1) is 7.50. The Kier molecular flexibility index (Phi) is 2.67. The summed E-state index contributed by atoms with van der Waals surface area (Å²) in [6.45, 7) is 0. The van der Waals surface area contributed by atoms with Gasteiger partial charge in [0.05, 0.1) is 11.0 Å². The summed E-state index contributed by atoms with van der Waals surface area (Å²) in [5.74, 6) is -2.24. The number of nitro benzene ring substituents is 1. The number of anilines is 1. The lowest BCUT2D eigenvalue weighted by molar-refractivity contribution is -0.384. The molecule has 4 nitrogen and oxygen atoms in total. The fourth-order valence-corrected chi connectivity index (χ4v) is 1.44. The van der Waals surface area contributed by atoms with E-state index in [1.54, 1.807) is 0 Å². The van der Waals surface area contributed by atoms with E-state index in [2.05, 4.69) is 5.32 Å². The molecule has 1 N–H and O–H groups in total. The van der Waals surface area contributed by atoms with Crippen molar-refractivity contribution < 1.29 is 13.7 Å². The quantitative estimate of drug-likeness (QED) is 0.508. The van der Waals surface area contributed by atoms with Crippen molar-refractivity contribution in [3.05, 3.63) is 32.8 Å². The fraction of sp³-hybridized carbons (Fsp3) is 0.333. The van der Waals surface area contributed by atoms with Crippen LogP contribution >= 0.6 is 11.6 Å². The van der Waals surface area contributed by atoms with Gasteiger partial charge in [-0.2, -0.15) is 0 Å². The van der Waals surface area contributed by atoms with E-state index in [-0.39, 0.29) is 11.7 Å². The second-order valence-corrected chi connectivity index (χ2v) is 3.93.